The molecular formula is C16H17N3O4. The second kappa shape index (κ2) is 6.95. The summed E-state index contributed by atoms with van der Waals surface area (Å²) in [6.07, 6.45) is 3.58. The van der Waals surface area contributed by atoms with Crippen LogP contribution in [0.15, 0.2) is 30.6 Å². The van der Waals surface area contributed by atoms with Crippen LogP contribution in [0, 0.1) is 0 Å². The van der Waals surface area contributed by atoms with Gasteiger partial charge in [-0.1, -0.05) is 0 Å². The molecule has 0 aliphatic carbocycles. The van der Waals surface area contributed by atoms with Gasteiger partial charge >= 0.3 is 0 Å². The van der Waals surface area contributed by atoms with Gasteiger partial charge in [-0.25, -0.2) is 4.98 Å². The number of amides is 1. The Balaban J connectivity index is 1.50. The molecule has 23 heavy (non-hydrogen) atoms. The standard InChI is InChI=1S/C16H17N3O4/c20-12(2-4-16(21)19-10-15-17-5-6-18-15)11-1-3-13-14(9-11)23-8-7-22-13/h1,3,5-6,9H,2,4,7-8,10H2,(H,17,18)(H,19,21). The number of hydrogen-bond donors (Lipinski definition) is 2. The molecule has 0 bridgehead atoms. The lowest BCUT2D eigenvalue weighted by molar-refractivity contribution is -0.121. The minimum absolute atomic E-state index is 0.102. The number of aromatic nitrogens is 2. The predicted octanol–water partition coefficient (Wildman–Crippen LogP) is 1.46. The van der Waals surface area contributed by atoms with Crippen molar-refractivity contribution in [1.82, 2.24) is 15.3 Å². The van der Waals surface area contributed by atoms with E-state index in [-0.39, 0.29) is 24.5 Å². The zero-order valence-corrected chi connectivity index (χ0v) is 12.5. The van der Waals surface area contributed by atoms with Crippen molar-refractivity contribution in [3.8, 4) is 11.5 Å². The fourth-order valence-electron chi connectivity index (χ4n) is 2.25. The number of aromatic amines is 1. The van der Waals surface area contributed by atoms with E-state index in [2.05, 4.69) is 15.3 Å². The number of imidazole rings is 1. The Bertz CT molecular complexity index is 697. The maximum atomic E-state index is 12.2. The molecule has 0 atom stereocenters. The van der Waals surface area contributed by atoms with Crippen LogP contribution in [0.5, 0.6) is 11.5 Å². The van der Waals surface area contributed by atoms with Gasteiger partial charge in [0.1, 0.15) is 19.0 Å². The minimum atomic E-state index is -0.188. The number of Topliss-reactive ketones (excluding diaryl/α,β-unsaturated/α-hetero) is 1. The van der Waals surface area contributed by atoms with Crippen LogP contribution in [0.1, 0.15) is 29.0 Å². The van der Waals surface area contributed by atoms with Gasteiger partial charge in [0, 0.05) is 30.8 Å². The summed E-state index contributed by atoms with van der Waals surface area (Å²) in [5.74, 6) is 1.60. The number of H-pyrrole nitrogens is 1. The number of hydrogen-bond acceptors (Lipinski definition) is 5. The average molecular weight is 315 g/mol. The smallest absolute Gasteiger partial charge is 0.220 e. The molecule has 1 aromatic carbocycles. The Morgan fingerprint density at radius 2 is 2.00 bits per heavy atom. The molecule has 0 fully saturated rings. The molecule has 1 aliphatic rings. The molecule has 1 amide bonds. The highest BCUT2D eigenvalue weighted by Crippen LogP contribution is 2.31. The topological polar surface area (TPSA) is 93.3 Å². The van der Waals surface area contributed by atoms with Crippen molar-refractivity contribution in [2.75, 3.05) is 13.2 Å². The van der Waals surface area contributed by atoms with Gasteiger partial charge in [0.15, 0.2) is 17.3 Å². The molecule has 1 aliphatic heterocycles. The van der Waals surface area contributed by atoms with E-state index in [0.29, 0.717) is 42.6 Å². The highest BCUT2D eigenvalue weighted by Gasteiger charge is 2.15. The SMILES string of the molecule is O=C(CCC(=O)c1ccc2c(c1)OCCO2)NCc1ncc[nH]1. The molecule has 2 heterocycles. The third-order valence-corrected chi connectivity index (χ3v) is 3.45. The molecule has 7 heteroatoms. The van der Waals surface area contributed by atoms with Gasteiger partial charge in [-0.05, 0) is 18.2 Å². The van der Waals surface area contributed by atoms with Crippen molar-refractivity contribution in [2.24, 2.45) is 0 Å². The molecule has 0 saturated heterocycles. The van der Waals surface area contributed by atoms with Crippen LogP contribution >= 0.6 is 0 Å². The number of fused-ring (bicyclic) bond motifs is 1. The van der Waals surface area contributed by atoms with Crippen molar-refractivity contribution in [3.63, 3.8) is 0 Å². The Kier molecular flexibility index (Phi) is 4.56. The van der Waals surface area contributed by atoms with Gasteiger partial charge in [-0.3, -0.25) is 9.59 Å². The zero-order chi connectivity index (χ0) is 16.1. The second-order valence-corrected chi connectivity index (χ2v) is 5.09. The number of rotatable bonds is 6. The Morgan fingerprint density at radius 3 is 2.78 bits per heavy atom. The fourth-order valence-corrected chi connectivity index (χ4v) is 2.25. The molecule has 0 saturated carbocycles. The maximum Gasteiger partial charge on any atom is 0.220 e. The van der Waals surface area contributed by atoms with Crippen LogP contribution in [0.2, 0.25) is 0 Å². The molecule has 120 valence electrons. The summed E-state index contributed by atoms with van der Waals surface area (Å²) in [6.45, 7) is 1.31. The van der Waals surface area contributed by atoms with E-state index in [4.69, 9.17) is 9.47 Å². The third kappa shape index (κ3) is 3.88. The first kappa shape index (κ1) is 15.1. The molecule has 0 radical (unpaired) electrons. The van der Waals surface area contributed by atoms with Crippen LogP contribution in [0.25, 0.3) is 0 Å². The lowest BCUT2D eigenvalue weighted by atomic mass is 10.1. The summed E-state index contributed by atoms with van der Waals surface area (Å²) in [6, 6.07) is 5.08. The quantitative estimate of drug-likeness (QED) is 0.787. The van der Waals surface area contributed by atoms with E-state index < -0.39 is 0 Å². The lowest BCUT2D eigenvalue weighted by Gasteiger charge is -2.18. The number of benzene rings is 1. The summed E-state index contributed by atoms with van der Waals surface area (Å²) in [5, 5.41) is 2.71. The maximum absolute atomic E-state index is 12.2. The largest absolute Gasteiger partial charge is 0.486 e. The van der Waals surface area contributed by atoms with E-state index in [0.717, 1.165) is 0 Å². The third-order valence-electron chi connectivity index (χ3n) is 3.45. The number of ether oxygens (including phenoxy) is 2. The summed E-state index contributed by atoms with van der Waals surface area (Å²) in [5.41, 5.74) is 0.521. The Hall–Kier alpha value is -2.83. The lowest BCUT2D eigenvalue weighted by Crippen LogP contribution is -2.23. The summed E-state index contributed by atoms with van der Waals surface area (Å²) in [4.78, 5) is 30.8. The summed E-state index contributed by atoms with van der Waals surface area (Å²) in [7, 11) is 0. The Labute approximate surface area is 133 Å². The highest BCUT2D eigenvalue weighted by atomic mass is 16.6. The molecule has 0 spiro atoms. The van der Waals surface area contributed by atoms with Gasteiger partial charge in [-0.15, -0.1) is 0 Å². The van der Waals surface area contributed by atoms with Crippen molar-refractivity contribution in [1.29, 1.82) is 0 Å². The number of ketones is 1. The van der Waals surface area contributed by atoms with Crippen molar-refractivity contribution >= 4 is 11.7 Å². The molecule has 0 unspecified atom stereocenters. The highest BCUT2D eigenvalue weighted by molar-refractivity contribution is 5.98. The van der Waals surface area contributed by atoms with E-state index in [1.165, 1.54) is 0 Å². The van der Waals surface area contributed by atoms with E-state index >= 15 is 0 Å². The van der Waals surface area contributed by atoms with Gasteiger partial charge in [-0.2, -0.15) is 0 Å². The van der Waals surface area contributed by atoms with Crippen LogP contribution in [-0.4, -0.2) is 34.9 Å². The van der Waals surface area contributed by atoms with Crippen LogP contribution in [0.4, 0.5) is 0 Å². The van der Waals surface area contributed by atoms with Crippen LogP contribution in [0.3, 0.4) is 0 Å². The summed E-state index contributed by atoms with van der Waals surface area (Å²) >= 11 is 0. The first-order chi connectivity index (χ1) is 11.2. The molecule has 1 aromatic heterocycles. The van der Waals surface area contributed by atoms with Crippen molar-refractivity contribution in [2.45, 2.75) is 19.4 Å². The molecule has 7 nitrogen and oxygen atoms in total. The number of carbonyl (C=O) groups is 2. The fraction of sp³-hybridized carbons (Fsp3) is 0.312. The molecular weight excluding hydrogens is 298 g/mol. The summed E-state index contributed by atoms with van der Waals surface area (Å²) < 4.78 is 10.9. The van der Waals surface area contributed by atoms with Gasteiger partial charge in [0.05, 0.1) is 6.54 Å². The molecule has 2 N–H and O–H groups in total. The van der Waals surface area contributed by atoms with E-state index in [1.54, 1.807) is 30.6 Å². The average Bonchev–Trinajstić information content (AvgIpc) is 3.11. The van der Waals surface area contributed by atoms with Crippen LogP contribution in [-0.2, 0) is 11.3 Å². The first-order valence-corrected chi connectivity index (χ1v) is 7.40. The van der Waals surface area contributed by atoms with Crippen molar-refractivity contribution in [3.05, 3.63) is 42.0 Å². The number of nitrogens with zero attached hydrogens (tertiary/aromatic N) is 1. The van der Waals surface area contributed by atoms with Crippen LogP contribution < -0.4 is 14.8 Å². The molecule has 3 rings (SSSR count). The zero-order valence-electron chi connectivity index (χ0n) is 12.5. The normalized spacial score (nSPS) is 12.7. The van der Waals surface area contributed by atoms with E-state index in [1.807, 2.05) is 0 Å². The number of carbonyl (C=O) groups excluding carboxylic acids is 2. The second-order valence-electron chi connectivity index (χ2n) is 5.09. The first-order valence-electron chi connectivity index (χ1n) is 7.40. The van der Waals surface area contributed by atoms with Gasteiger partial charge < -0.3 is 19.8 Å². The Morgan fingerprint density at radius 1 is 1.17 bits per heavy atom. The van der Waals surface area contributed by atoms with Crippen molar-refractivity contribution < 1.29 is 19.1 Å². The van der Waals surface area contributed by atoms with Gasteiger partial charge in [0.25, 0.3) is 0 Å². The number of nitrogens with one attached hydrogen (secondary N) is 2. The van der Waals surface area contributed by atoms with E-state index in [9.17, 15) is 9.59 Å². The van der Waals surface area contributed by atoms with Gasteiger partial charge in [0.2, 0.25) is 5.91 Å². The minimum Gasteiger partial charge on any atom is -0.486 e. The monoisotopic (exact) mass is 315 g/mol. The molecule has 2 aromatic rings. The predicted molar refractivity (Wildman–Crippen MR) is 81.4 cm³/mol.